The zero-order valence-electron chi connectivity index (χ0n) is 18.2. The van der Waals surface area contributed by atoms with Gasteiger partial charge < -0.3 is 5.11 Å². The molecule has 0 aromatic heterocycles. The molecule has 4 nitrogen and oxygen atoms in total. The molecule has 1 fully saturated rings. The van der Waals surface area contributed by atoms with Crippen LogP contribution in [0.1, 0.15) is 43.5 Å². The minimum atomic E-state index is -0.804. The summed E-state index contributed by atoms with van der Waals surface area (Å²) in [5.74, 6) is -2.28. The standard InChI is InChI=1S/C27H24FNO3/c1-27(2,3)19-11-15-21(16-12-19)29-23(17-7-5-4-6-8-17)22(25(31)26(29)32)24(30)18-9-13-20(28)14-10-18/h4-16,23,30H,1-3H3/b24-22+. The molecule has 1 aliphatic heterocycles. The molecule has 5 heteroatoms. The van der Waals surface area contributed by atoms with Gasteiger partial charge in [-0.3, -0.25) is 14.5 Å². The van der Waals surface area contributed by atoms with Crippen molar-refractivity contribution in [2.75, 3.05) is 4.90 Å². The average molecular weight is 429 g/mol. The van der Waals surface area contributed by atoms with Gasteiger partial charge in [0.2, 0.25) is 0 Å². The summed E-state index contributed by atoms with van der Waals surface area (Å²) in [5, 5.41) is 11.0. The monoisotopic (exact) mass is 429 g/mol. The molecule has 0 saturated carbocycles. The first kappa shape index (κ1) is 21.5. The predicted octanol–water partition coefficient (Wildman–Crippen LogP) is 5.75. The Balaban J connectivity index is 1.88. The summed E-state index contributed by atoms with van der Waals surface area (Å²) >= 11 is 0. The summed E-state index contributed by atoms with van der Waals surface area (Å²) in [6, 6.07) is 21.0. The number of aliphatic hydroxyl groups excluding tert-OH is 1. The number of amides is 1. The van der Waals surface area contributed by atoms with E-state index in [1.54, 1.807) is 0 Å². The summed E-state index contributed by atoms with van der Waals surface area (Å²) in [4.78, 5) is 27.7. The normalized spacial score (nSPS) is 18.2. The van der Waals surface area contributed by atoms with Crippen molar-refractivity contribution in [1.29, 1.82) is 0 Å². The molecule has 1 unspecified atom stereocenters. The number of benzene rings is 3. The molecule has 1 heterocycles. The number of hydrogen-bond acceptors (Lipinski definition) is 3. The van der Waals surface area contributed by atoms with E-state index in [0.29, 0.717) is 11.3 Å². The number of aliphatic hydroxyl groups is 1. The van der Waals surface area contributed by atoms with Crippen LogP contribution in [-0.2, 0) is 15.0 Å². The number of hydrogen-bond donors (Lipinski definition) is 1. The largest absolute Gasteiger partial charge is 0.507 e. The third-order valence-electron chi connectivity index (χ3n) is 5.69. The molecule has 32 heavy (non-hydrogen) atoms. The van der Waals surface area contributed by atoms with Gasteiger partial charge in [0.05, 0.1) is 11.6 Å². The van der Waals surface area contributed by atoms with Crippen molar-refractivity contribution in [2.45, 2.75) is 32.2 Å². The van der Waals surface area contributed by atoms with Gasteiger partial charge in [0.1, 0.15) is 11.6 Å². The Morgan fingerprint density at radius 3 is 2.03 bits per heavy atom. The molecule has 1 saturated heterocycles. The SMILES string of the molecule is CC(C)(C)c1ccc(N2C(=O)C(=O)/C(=C(/O)c3ccc(F)cc3)C2c2ccccc2)cc1. The van der Waals surface area contributed by atoms with E-state index in [-0.39, 0.29) is 22.3 Å². The molecule has 0 spiro atoms. The second-order valence-corrected chi connectivity index (χ2v) is 8.88. The Hall–Kier alpha value is -3.73. The number of Topliss-reactive ketones (excluding diaryl/α,β-unsaturated/α-hetero) is 1. The smallest absolute Gasteiger partial charge is 0.300 e. The average Bonchev–Trinajstić information content (AvgIpc) is 3.04. The molecule has 4 rings (SSSR count). The topological polar surface area (TPSA) is 57.6 Å². The van der Waals surface area contributed by atoms with Crippen molar-refractivity contribution in [1.82, 2.24) is 0 Å². The van der Waals surface area contributed by atoms with Gasteiger partial charge >= 0.3 is 0 Å². The molecule has 3 aromatic carbocycles. The van der Waals surface area contributed by atoms with Crippen molar-refractivity contribution in [3.8, 4) is 0 Å². The first-order chi connectivity index (χ1) is 15.2. The molecule has 162 valence electrons. The number of anilines is 1. The number of carbonyl (C=O) groups is 2. The van der Waals surface area contributed by atoms with Crippen molar-refractivity contribution in [3.63, 3.8) is 0 Å². The molecule has 0 aliphatic carbocycles. The van der Waals surface area contributed by atoms with Crippen LogP contribution in [0.3, 0.4) is 0 Å². The van der Waals surface area contributed by atoms with E-state index < -0.39 is 23.5 Å². The fraction of sp³-hybridized carbons (Fsp3) is 0.185. The van der Waals surface area contributed by atoms with E-state index in [0.717, 1.165) is 5.56 Å². The summed E-state index contributed by atoms with van der Waals surface area (Å²) < 4.78 is 13.4. The van der Waals surface area contributed by atoms with E-state index in [4.69, 9.17) is 0 Å². The fourth-order valence-electron chi connectivity index (χ4n) is 3.93. The molecule has 1 atom stereocenters. The highest BCUT2D eigenvalue weighted by Gasteiger charge is 2.46. The Morgan fingerprint density at radius 1 is 0.875 bits per heavy atom. The van der Waals surface area contributed by atoms with E-state index in [1.807, 2.05) is 54.6 Å². The molecule has 1 aliphatic rings. The van der Waals surface area contributed by atoms with E-state index >= 15 is 0 Å². The van der Waals surface area contributed by atoms with Gasteiger partial charge in [0, 0.05) is 11.3 Å². The van der Waals surface area contributed by atoms with Crippen LogP contribution in [0.15, 0.2) is 84.4 Å². The lowest BCUT2D eigenvalue weighted by Gasteiger charge is -2.26. The second kappa shape index (κ2) is 8.08. The molecule has 0 bridgehead atoms. The Labute approximate surface area is 186 Å². The van der Waals surface area contributed by atoms with Crippen LogP contribution in [0.2, 0.25) is 0 Å². The van der Waals surface area contributed by atoms with Gasteiger partial charge in [-0.2, -0.15) is 0 Å². The highest BCUT2D eigenvalue weighted by molar-refractivity contribution is 6.51. The maximum atomic E-state index is 13.4. The molecular weight excluding hydrogens is 405 g/mol. The zero-order chi connectivity index (χ0) is 23.0. The fourth-order valence-corrected chi connectivity index (χ4v) is 3.93. The van der Waals surface area contributed by atoms with Gasteiger partial charge in [-0.1, -0.05) is 63.2 Å². The maximum absolute atomic E-state index is 13.4. The molecule has 0 radical (unpaired) electrons. The molecule has 3 aromatic rings. The number of carbonyl (C=O) groups excluding carboxylic acids is 2. The van der Waals surface area contributed by atoms with Crippen LogP contribution in [0, 0.1) is 5.82 Å². The van der Waals surface area contributed by atoms with Crippen LogP contribution in [-0.4, -0.2) is 16.8 Å². The third-order valence-corrected chi connectivity index (χ3v) is 5.69. The zero-order valence-corrected chi connectivity index (χ0v) is 18.2. The Kier molecular flexibility index (Phi) is 5.43. The van der Waals surface area contributed by atoms with Crippen LogP contribution < -0.4 is 4.90 Å². The van der Waals surface area contributed by atoms with Crippen LogP contribution in [0.5, 0.6) is 0 Å². The van der Waals surface area contributed by atoms with Crippen LogP contribution in [0.25, 0.3) is 5.76 Å². The van der Waals surface area contributed by atoms with Gasteiger partial charge in [-0.25, -0.2) is 4.39 Å². The summed E-state index contributed by atoms with van der Waals surface area (Å²) in [7, 11) is 0. The lowest BCUT2D eigenvalue weighted by atomic mass is 9.87. The molecule has 1 N–H and O–H groups in total. The van der Waals surface area contributed by atoms with Crippen molar-refractivity contribution in [3.05, 3.63) is 107 Å². The summed E-state index contributed by atoms with van der Waals surface area (Å²) in [5.41, 5.74) is 2.54. The van der Waals surface area contributed by atoms with Gasteiger partial charge in [-0.05, 0) is 52.9 Å². The number of nitrogens with zero attached hydrogens (tertiary/aromatic N) is 1. The quantitative estimate of drug-likeness (QED) is 0.328. The first-order valence-electron chi connectivity index (χ1n) is 10.4. The Bertz CT molecular complexity index is 1190. The van der Waals surface area contributed by atoms with Crippen LogP contribution >= 0.6 is 0 Å². The van der Waals surface area contributed by atoms with Crippen LogP contribution in [0.4, 0.5) is 10.1 Å². The second-order valence-electron chi connectivity index (χ2n) is 8.88. The number of halogens is 1. The van der Waals surface area contributed by atoms with Crippen molar-refractivity contribution >= 4 is 23.1 Å². The maximum Gasteiger partial charge on any atom is 0.300 e. The minimum Gasteiger partial charge on any atom is -0.507 e. The summed E-state index contributed by atoms with van der Waals surface area (Å²) in [6.45, 7) is 6.29. The lowest BCUT2D eigenvalue weighted by molar-refractivity contribution is -0.132. The lowest BCUT2D eigenvalue weighted by Crippen LogP contribution is -2.29. The summed E-state index contributed by atoms with van der Waals surface area (Å²) in [6.07, 6.45) is 0. The third kappa shape index (κ3) is 3.82. The highest BCUT2D eigenvalue weighted by atomic mass is 19.1. The van der Waals surface area contributed by atoms with Crippen molar-refractivity contribution in [2.24, 2.45) is 0 Å². The van der Waals surface area contributed by atoms with E-state index in [1.165, 1.54) is 29.2 Å². The minimum absolute atomic E-state index is 0.0206. The molecule has 1 amide bonds. The highest BCUT2D eigenvalue weighted by Crippen LogP contribution is 2.42. The van der Waals surface area contributed by atoms with Gasteiger partial charge in [-0.15, -0.1) is 0 Å². The first-order valence-corrected chi connectivity index (χ1v) is 10.4. The molecular formula is C27H24FNO3. The number of rotatable bonds is 3. The van der Waals surface area contributed by atoms with Gasteiger partial charge in [0.25, 0.3) is 11.7 Å². The van der Waals surface area contributed by atoms with Gasteiger partial charge in [0.15, 0.2) is 0 Å². The van der Waals surface area contributed by atoms with E-state index in [9.17, 15) is 19.1 Å². The number of ketones is 1. The predicted molar refractivity (Wildman–Crippen MR) is 123 cm³/mol. The van der Waals surface area contributed by atoms with Crippen molar-refractivity contribution < 1.29 is 19.1 Å². The Morgan fingerprint density at radius 2 is 1.47 bits per heavy atom. The van der Waals surface area contributed by atoms with E-state index in [2.05, 4.69) is 20.8 Å².